The summed E-state index contributed by atoms with van der Waals surface area (Å²) in [5.74, 6) is 0.880. The van der Waals surface area contributed by atoms with Crippen LogP contribution in [0.5, 0.6) is 0 Å². The van der Waals surface area contributed by atoms with E-state index in [1.54, 1.807) is 24.0 Å². The molecular formula is C21H17NO3. The Morgan fingerprint density at radius 2 is 1.76 bits per heavy atom. The molecule has 0 radical (unpaired) electrons. The minimum atomic E-state index is -0.0271. The Kier molecular flexibility index (Phi) is 3.73. The van der Waals surface area contributed by atoms with Gasteiger partial charge >= 0.3 is 0 Å². The van der Waals surface area contributed by atoms with Crippen LogP contribution in [0, 0.1) is 0 Å². The van der Waals surface area contributed by atoms with E-state index >= 15 is 0 Å². The van der Waals surface area contributed by atoms with Gasteiger partial charge in [0.2, 0.25) is 5.91 Å². The first kappa shape index (κ1) is 15.4. The van der Waals surface area contributed by atoms with E-state index in [0.29, 0.717) is 17.8 Å². The molecule has 1 aliphatic rings. The summed E-state index contributed by atoms with van der Waals surface area (Å²) >= 11 is 0. The van der Waals surface area contributed by atoms with E-state index in [1.807, 2.05) is 36.4 Å². The molecule has 0 atom stereocenters. The number of aryl methyl sites for hydroxylation is 2. The highest BCUT2D eigenvalue weighted by Gasteiger charge is 2.24. The first-order valence-corrected chi connectivity index (χ1v) is 8.24. The predicted octanol–water partition coefficient (Wildman–Crippen LogP) is 4.54. The second-order valence-electron chi connectivity index (χ2n) is 6.15. The van der Waals surface area contributed by atoms with Crippen LogP contribution in [0.3, 0.4) is 0 Å². The van der Waals surface area contributed by atoms with E-state index in [0.717, 1.165) is 40.9 Å². The Morgan fingerprint density at radius 1 is 1.00 bits per heavy atom. The highest BCUT2D eigenvalue weighted by Crippen LogP contribution is 2.38. The average Bonchev–Trinajstić information content (AvgIpc) is 3.04. The summed E-state index contributed by atoms with van der Waals surface area (Å²) in [4.78, 5) is 25.1. The molecule has 4 rings (SSSR count). The fraction of sp³-hybridized carbons (Fsp3) is 0.143. The Labute approximate surface area is 145 Å². The smallest absolute Gasteiger partial charge is 0.228 e. The van der Waals surface area contributed by atoms with E-state index in [4.69, 9.17) is 4.42 Å². The third kappa shape index (κ3) is 2.66. The van der Waals surface area contributed by atoms with Crippen LogP contribution in [0.1, 0.15) is 28.6 Å². The molecule has 1 aliphatic heterocycles. The van der Waals surface area contributed by atoms with Gasteiger partial charge in [0.05, 0.1) is 11.4 Å². The van der Waals surface area contributed by atoms with Crippen LogP contribution in [0.15, 0.2) is 59.0 Å². The number of fused-ring (bicyclic) bond motifs is 2. The van der Waals surface area contributed by atoms with Crippen molar-refractivity contribution in [2.45, 2.75) is 19.8 Å². The van der Waals surface area contributed by atoms with Gasteiger partial charge in [0.25, 0.3) is 0 Å². The third-order valence-corrected chi connectivity index (χ3v) is 4.56. The zero-order valence-corrected chi connectivity index (χ0v) is 13.9. The van der Waals surface area contributed by atoms with E-state index in [-0.39, 0.29) is 5.91 Å². The Balaban J connectivity index is 1.88. The number of aldehydes is 1. The highest BCUT2D eigenvalue weighted by molar-refractivity contribution is 6.01. The molecule has 4 nitrogen and oxygen atoms in total. The van der Waals surface area contributed by atoms with Crippen LogP contribution in [-0.2, 0) is 17.6 Å². The lowest BCUT2D eigenvalue weighted by molar-refractivity contribution is -0.115. The summed E-state index contributed by atoms with van der Waals surface area (Å²) in [5.41, 5.74) is 4.93. The number of hydrogen-bond acceptors (Lipinski definition) is 3. The second kappa shape index (κ2) is 6.06. The number of furan rings is 1. The number of hydrogen-bond donors (Lipinski definition) is 0. The molecule has 124 valence electrons. The summed E-state index contributed by atoms with van der Waals surface area (Å²) in [5, 5.41) is 0. The maximum atomic E-state index is 12.4. The number of benzene rings is 2. The van der Waals surface area contributed by atoms with Crippen molar-refractivity contribution in [1.82, 2.24) is 0 Å². The van der Waals surface area contributed by atoms with Crippen molar-refractivity contribution in [1.29, 1.82) is 0 Å². The highest BCUT2D eigenvalue weighted by atomic mass is 16.3. The fourth-order valence-corrected chi connectivity index (χ4v) is 3.39. The molecule has 0 saturated carbocycles. The first-order chi connectivity index (χ1) is 12.2. The van der Waals surface area contributed by atoms with Crippen LogP contribution in [-0.4, -0.2) is 12.2 Å². The monoisotopic (exact) mass is 331 g/mol. The molecule has 0 unspecified atom stereocenters. The Hall–Kier alpha value is -3.14. The Morgan fingerprint density at radius 3 is 2.48 bits per heavy atom. The van der Waals surface area contributed by atoms with Crippen LogP contribution < -0.4 is 4.90 Å². The maximum Gasteiger partial charge on any atom is 0.228 e. The lowest BCUT2D eigenvalue weighted by Crippen LogP contribution is -2.23. The molecule has 3 aromatic rings. The molecule has 0 N–H and O–H groups in total. The van der Waals surface area contributed by atoms with Crippen molar-refractivity contribution < 1.29 is 14.0 Å². The summed E-state index contributed by atoms with van der Waals surface area (Å²) in [7, 11) is 0. The largest absolute Gasteiger partial charge is 0.453 e. The van der Waals surface area contributed by atoms with Gasteiger partial charge in [-0.1, -0.05) is 30.3 Å². The van der Waals surface area contributed by atoms with Gasteiger partial charge in [0.1, 0.15) is 5.76 Å². The van der Waals surface area contributed by atoms with Gasteiger partial charge in [-0.15, -0.1) is 0 Å². The standard InChI is InChI=1S/C21H17NO3/c1-14(24)22-19-5-3-2-4-15(19)6-7-16-8-9-17(12-20(16)22)21-11-10-18(13-23)25-21/h2-5,8-13H,6-7H2,1H3. The molecule has 0 spiro atoms. The molecule has 0 bridgehead atoms. The fourth-order valence-electron chi connectivity index (χ4n) is 3.39. The number of nitrogens with zero attached hydrogens (tertiary/aromatic N) is 1. The third-order valence-electron chi connectivity index (χ3n) is 4.56. The van der Waals surface area contributed by atoms with Gasteiger partial charge in [0.15, 0.2) is 12.0 Å². The molecule has 2 aromatic carbocycles. The van der Waals surface area contributed by atoms with Crippen LogP contribution in [0.4, 0.5) is 11.4 Å². The summed E-state index contributed by atoms with van der Waals surface area (Å²) in [6.07, 6.45) is 2.45. The van der Waals surface area contributed by atoms with Gasteiger partial charge in [-0.3, -0.25) is 14.5 Å². The molecule has 0 fully saturated rings. The predicted molar refractivity (Wildman–Crippen MR) is 96.2 cm³/mol. The van der Waals surface area contributed by atoms with Crippen LogP contribution in [0.25, 0.3) is 11.3 Å². The summed E-state index contributed by atoms with van der Waals surface area (Å²) < 4.78 is 5.53. The van der Waals surface area contributed by atoms with E-state index < -0.39 is 0 Å². The summed E-state index contributed by atoms with van der Waals surface area (Å²) in [6.45, 7) is 1.58. The minimum absolute atomic E-state index is 0.0271. The number of amides is 1. The van der Waals surface area contributed by atoms with Crippen molar-refractivity contribution in [2.24, 2.45) is 0 Å². The lowest BCUT2D eigenvalue weighted by Gasteiger charge is -2.24. The molecular weight excluding hydrogens is 314 g/mol. The van der Waals surface area contributed by atoms with Gasteiger partial charge in [-0.25, -0.2) is 0 Å². The molecule has 1 amide bonds. The first-order valence-electron chi connectivity index (χ1n) is 8.24. The minimum Gasteiger partial charge on any atom is -0.453 e. The number of carbonyl (C=O) groups excluding carboxylic acids is 2. The van der Waals surface area contributed by atoms with Crippen molar-refractivity contribution in [3.63, 3.8) is 0 Å². The SMILES string of the molecule is CC(=O)N1c2ccccc2CCc2ccc(-c3ccc(C=O)o3)cc21. The molecule has 4 heteroatoms. The zero-order valence-electron chi connectivity index (χ0n) is 13.9. The van der Waals surface area contributed by atoms with Crippen molar-refractivity contribution in [3.8, 4) is 11.3 Å². The van der Waals surface area contributed by atoms with Gasteiger partial charge in [0, 0.05) is 12.5 Å². The summed E-state index contributed by atoms with van der Waals surface area (Å²) in [6, 6.07) is 17.4. The molecule has 25 heavy (non-hydrogen) atoms. The quantitative estimate of drug-likeness (QED) is 0.648. The molecule has 0 saturated heterocycles. The number of para-hydroxylation sites is 1. The van der Waals surface area contributed by atoms with E-state index in [1.165, 1.54) is 0 Å². The van der Waals surface area contributed by atoms with E-state index in [2.05, 4.69) is 6.07 Å². The normalized spacial score (nSPS) is 12.9. The molecule has 1 aromatic heterocycles. The zero-order chi connectivity index (χ0) is 17.4. The van der Waals surface area contributed by atoms with Gasteiger partial charge in [-0.2, -0.15) is 0 Å². The van der Waals surface area contributed by atoms with E-state index in [9.17, 15) is 9.59 Å². The maximum absolute atomic E-state index is 12.4. The second-order valence-corrected chi connectivity index (χ2v) is 6.15. The van der Waals surface area contributed by atoms with Crippen LogP contribution in [0.2, 0.25) is 0 Å². The lowest BCUT2D eigenvalue weighted by atomic mass is 10.0. The Bertz CT molecular complexity index is 971. The number of anilines is 2. The van der Waals surface area contributed by atoms with Crippen molar-refractivity contribution >= 4 is 23.6 Å². The van der Waals surface area contributed by atoms with Crippen LogP contribution >= 0.6 is 0 Å². The van der Waals surface area contributed by atoms with Gasteiger partial charge < -0.3 is 4.42 Å². The number of rotatable bonds is 2. The number of carbonyl (C=O) groups is 2. The van der Waals surface area contributed by atoms with Crippen molar-refractivity contribution in [3.05, 3.63) is 71.5 Å². The molecule has 0 aliphatic carbocycles. The van der Waals surface area contributed by atoms with Gasteiger partial charge in [-0.05, 0) is 48.2 Å². The average molecular weight is 331 g/mol. The van der Waals surface area contributed by atoms with Crippen molar-refractivity contribution in [2.75, 3.05) is 4.90 Å². The molecule has 2 heterocycles. The topological polar surface area (TPSA) is 50.5 Å².